The second-order valence-electron chi connectivity index (χ2n) is 10.1. The first-order chi connectivity index (χ1) is 16.3. The molecule has 5 aromatic rings. The van der Waals surface area contributed by atoms with Crippen molar-refractivity contribution in [3.05, 3.63) is 91.0 Å². The summed E-state index contributed by atoms with van der Waals surface area (Å²) in [4.78, 5) is 0. The SMILES string of the molecule is CC1(C)OB(c2ccc(-c3cccc4c3oc3ccc(-c5ccccc5)cc34)cc2)OC1(C)C. The maximum absolute atomic E-state index is 6.36. The van der Waals surface area contributed by atoms with Gasteiger partial charge in [0.1, 0.15) is 11.2 Å². The van der Waals surface area contributed by atoms with Crippen molar-refractivity contribution in [1.29, 1.82) is 0 Å². The Hall–Kier alpha value is -3.34. The number of hydrogen-bond donors (Lipinski definition) is 0. The highest BCUT2D eigenvalue weighted by atomic mass is 16.7. The van der Waals surface area contributed by atoms with Crippen molar-refractivity contribution in [1.82, 2.24) is 0 Å². The Morgan fingerprint density at radius 3 is 1.97 bits per heavy atom. The van der Waals surface area contributed by atoms with E-state index in [-0.39, 0.29) is 18.3 Å². The van der Waals surface area contributed by atoms with E-state index in [1.54, 1.807) is 0 Å². The van der Waals surface area contributed by atoms with Crippen LogP contribution in [-0.4, -0.2) is 18.3 Å². The second-order valence-corrected chi connectivity index (χ2v) is 10.1. The zero-order valence-electron chi connectivity index (χ0n) is 20.0. The summed E-state index contributed by atoms with van der Waals surface area (Å²) in [5.74, 6) is 0. The molecule has 1 aliphatic heterocycles. The number of fused-ring (bicyclic) bond motifs is 3. The minimum atomic E-state index is -0.363. The standard InChI is InChI=1S/C30H27BO3/c1-29(2)30(3,4)34-31(33-29)23-16-13-21(14-17-23)24-11-8-12-25-26-19-22(20-9-6-5-7-10-20)15-18-27(26)32-28(24)25/h5-19H,1-4H3. The minimum Gasteiger partial charge on any atom is -0.455 e. The first-order valence-electron chi connectivity index (χ1n) is 11.8. The van der Waals surface area contributed by atoms with Crippen molar-refractivity contribution in [2.75, 3.05) is 0 Å². The van der Waals surface area contributed by atoms with Crippen LogP contribution in [0.3, 0.4) is 0 Å². The number of hydrogen-bond acceptors (Lipinski definition) is 3. The number of furan rings is 1. The van der Waals surface area contributed by atoms with E-state index in [1.807, 2.05) is 6.07 Å². The molecule has 4 heteroatoms. The molecule has 1 aliphatic rings. The second kappa shape index (κ2) is 7.59. The molecule has 1 aromatic heterocycles. The Kier molecular flexibility index (Phi) is 4.74. The monoisotopic (exact) mass is 446 g/mol. The molecular weight excluding hydrogens is 419 g/mol. The molecule has 3 nitrogen and oxygen atoms in total. The van der Waals surface area contributed by atoms with Crippen LogP contribution in [0.15, 0.2) is 95.4 Å². The highest BCUT2D eigenvalue weighted by Crippen LogP contribution is 2.38. The van der Waals surface area contributed by atoms with Gasteiger partial charge in [-0.15, -0.1) is 0 Å². The van der Waals surface area contributed by atoms with E-state index in [1.165, 1.54) is 11.1 Å². The average molecular weight is 446 g/mol. The molecule has 34 heavy (non-hydrogen) atoms. The summed E-state index contributed by atoms with van der Waals surface area (Å²) < 4.78 is 18.8. The molecular formula is C30H27BO3. The fraction of sp³-hybridized carbons (Fsp3) is 0.200. The molecule has 0 amide bonds. The van der Waals surface area contributed by atoms with Crippen molar-refractivity contribution >= 4 is 34.5 Å². The predicted octanol–water partition coefficient (Wildman–Crippen LogP) is 7.22. The first kappa shape index (κ1) is 21.2. The zero-order valence-corrected chi connectivity index (χ0v) is 20.0. The van der Waals surface area contributed by atoms with Crippen LogP contribution in [0.1, 0.15) is 27.7 Å². The highest BCUT2D eigenvalue weighted by molar-refractivity contribution is 6.62. The van der Waals surface area contributed by atoms with Gasteiger partial charge >= 0.3 is 7.12 Å². The van der Waals surface area contributed by atoms with Gasteiger partial charge in [-0.2, -0.15) is 0 Å². The maximum atomic E-state index is 6.36. The lowest BCUT2D eigenvalue weighted by atomic mass is 9.78. The van der Waals surface area contributed by atoms with Crippen LogP contribution in [0.25, 0.3) is 44.2 Å². The van der Waals surface area contributed by atoms with Crippen LogP contribution in [0.4, 0.5) is 0 Å². The lowest BCUT2D eigenvalue weighted by Gasteiger charge is -2.32. The van der Waals surface area contributed by atoms with Crippen LogP contribution >= 0.6 is 0 Å². The predicted molar refractivity (Wildman–Crippen MR) is 140 cm³/mol. The third-order valence-electron chi connectivity index (χ3n) is 7.35. The van der Waals surface area contributed by atoms with E-state index in [4.69, 9.17) is 13.7 Å². The maximum Gasteiger partial charge on any atom is 0.494 e. The van der Waals surface area contributed by atoms with Crippen LogP contribution in [0.5, 0.6) is 0 Å². The minimum absolute atomic E-state index is 0.352. The van der Waals surface area contributed by atoms with E-state index >= 15 is 0 Å². The fourth-order valence-corrected chi connectivity index (χ4v) is 4.63. The molecule has 1 fully saturated rings. The van der Waals surface area contributed by atoms with E-state index in [9.17, 15) is 0 Å². The van der Waals surface area contributed by atoms with Gasteiger partial charge in [-0.3, -0.25) is 0 Å². The molecule has 0 spiro atoms. The first-order valence-corrected chi connectivity index (χ1v) is 11.8. The quantitative estimate of drug-likeness (QED) is 0.274. The van der Waals surface area contributed by atoms with Gasteiger partial charge in [-0.25, -0.2) is 0 Å². The van der Waals surface area contributed by atoms with Crippen LogP contribution in [0, 0.1) is 0 Å². The van der Waals surface area contributed by atoms with Crippen LogP contribution in [-0.2, 0) is 9.31 Å². The Balaban J connectivity index is 1.38. The third-order valence-corrected chi connectivity index (χ3v) is 7.35. The van der Waals surface area contributed by atoms with Gasteiger partial charge in [0.15, 0.2) is 0 Å². The Morgan fingerprint density at radius 1 is 0.588 bits per heavy atom. The van der Waals surface area contributed by atoms with Gasteiger partial charge in [0, 0.05) is 16.3 Å². The zero-order chi connectivity index (χ0) is 23.5. The normalized spacial score (nSPS) is 17.0. The molecule has 4 aromatic carbocycles. The molecule has 0 radical (unpaired) electrons. The smallest absolute Gasteiger partial charge is 0.455 e. The van der Waals surface area contributed by atoms with E-state index < -0.39 is 0 Å². The Labute approximate surface area is 200 Å². The molecule has 0 N–H and O–H groups in total. The molecule has 6 rings (SSSR count). The fourth-order valence-electron chi connectivity index (χ4n) is 4.63. The summed E-state index contributed by atoms with van der Waals surface area (Å²) >= 11 is 0. The van der Waals surface area contributed by atoms with Gasteiger partial charge in [-0.05, 0) is 62.0 Å². The third kappa shape index (κ3) is 3.37. The molecule has 168 valence electrons. The highest BCUT2D eigenvalue weighted by Gasteiger charge is 2.51. The summed E-state index contributed by atoms with van der Waals surface area (Å²) in [5, 5.41) is 2.26. The molecule has 2 heterocycles. The summed E-state index contributed by atoms with van der Waals surface area (Å²) in [5.41, 5.74) is 6.70. The van der Waals surface area contributed by atoms with E-state index in [0.29, 0.717) is 0 Å². The van der Waals surface area contributed by atoms with Gasteiger partial charge in [0.05, 0.1) is 11.2 Å². The molecule has 1 saturated heterocycles. The molecule has 0 bridgehead atoms. The van der Waals surface area contributed by atoms with Gasteiger partial charge in [0.2, 0.25) is 0 Å². The molecule has 0 saturated carbocycles. The van der Waals surface area contributed by atoms with Crippen molar-refractivity contribution in [2.45, 2.75) is 38.9 Å². The Morgan fingerprint density at radius 2 is 1.26 bits per heavy atom. The molecule has 0 unspecified atom stereocenters. The van der Waals surface area contributed by atoms with Gasteiger partial charge < -0.3 is 13.7 Å². The summed E-state index contributed by atoms with van der Waals surface area (Å²) in [6, 6.07) is 31.6. The van der Waals surface area contributed by atoms with Gasteiger partial charge in [0.25, 0.3) is 0 Å². The molecule has 0 atom stereocenters. The summed E-state index contributed by atoms with van der Waals surface area (Å²) in [6.07, 6.45) is 0. The topological polar surface area (TPSA) is 31.6 Å². The molecule has 0 aliphatic carbocycles. The van der Waals surface area contributed by atoms with Gasteiger partial charge in [-0.1, -0.05) is 78.9 Å². The lowest BCUT2D eigenvalue weighted by Crippen LogP contribution is -2.41. The van der Waals surface area contributed by atoms with Crippen molar-refractivity contribution in [3.63, 3.8) is 0 Å². The van der Waals surface area contributed by atoms with E-state index in [0.717, 1.165) is 38.5 Å². The van der Waals surface area contributed by atoms with E-state index in [2.05, 4.69) is 113 Å². The lowest BCUT2D eigenvalue weighted by molar-refractivity contribution is 0.00578. The number of benzene rings is 4. The number of para-hydroxylation sites is 1. The van der Waals surface area contributed by atoms with Crippen molar-refractivity contribution in [3.8, 4) is 22.3 Å². The number of rotatable bonds is 3. The summed E-state index contributed by atoms with van der Waals surface area (Å²) in [7, 11) is -0.363. The Bertz CT molecular complexity index is 1480. The largest absolute Gasteiger partial charge is 0.494 e. The van der Waals surface area contributed by atoms with Crippen molar-refractivity contribution < 1.29 is 13.7 Å². The summed E-state index contributed by atoms with van der Waals surface area (Å²) in [6.45, 7) is 8.30. The van der Waals surface area contributed by atoms with Crippen LogP contribution < -0.4 is 5.46 Å². The average Bonchev–Trinajstić information content (AvgIpc) is 3.32. The van der Waals surface area contributed by atoms with Crippen LogP contribution in [0.2, 0.25) is 0 Å². The van der Waals surface area contributed by atoms with Crippen molar-refractivity contribution in [2.24, 2.45) is 0 Å².